The highest BCUT2D eigenvalue weighted by Gasteiger charge is 2.17. The van der Waals surface area contributed by atoms with Crippen LogP contribution in [-0.2, 0) is 6.42 Å². The maximum atomic E-state index is 12.5. The summed E-state index contributed by atoms with van der Waals surface area (Å²) in [6, 6.07) is 6.04. The largest absolute Gasteiger partial charge is 0.384 e. The zero-order chi connectivity index (χ0) is 14.5. The standard InChI is InChI=1S/C16H25N3O/c1-4-19(11-5-10-18(2)3)16(20)14-7-6-13-8-9-17-15(13)12-14/h6-7,12,17H,4-5,8-11H2,1-3H3. The molecule has 1 aromatic carbocycles. The Morgan fingerprint density at radius 1 is 1.30 bits per heavy atom. The second kappa shape index (κ2) is 6.75. The molecule has 1 N–H and O–H groups in total. The second-order valence-corrected chi connectivity index (χ2v) is 5.59. The maximum absolute atomic E-state index is 12.5. The number of amides is 1. The van der Waals surface area contributed by atoms with E-state index >= 15 is 0 Å². The number of hydrogen-bond donors (Lipinski definition) is 1. The molecule has 110 valence electrons. The van der Waals surface area contributed by atoms with Gasteiger partial charge in [-0.25, -0.2) is 0 Å². The van der Waals surface area contributed by atoms with Gasteiger partial charge in [-0.2, -0.15) is 0 Å². The molecule has 0 spiro atoms. The third kappa shape index (κ3) is 3.51. The SMILES string of the molecule is CCN(CCCN(C)C)C(=O)c1ccc2c(c1)NCC2. The smallest absolute Gasteiger partial charge is 0.253 e. The molecule has 1 aliphatic heterocycles. The molecule has 1 aromatic rings. The summed E-state index contributed by atoms with van der Waals surface area (Å²) < 4.78 is 0. The van der Waals surface area contributed by atoms with Gasteiger partial charge in [0.2, 0.25) is 0 Å². The molecule has 1 amide bonds. The number of fused-ring (bicyclic) bond motifs is 1. The Labute approximate surface area is 121 Å². The summed E-state index contributed by atoms with van der Waals surface area (Å²) in [4.78, 5) is 16.6. The van der Waals surface area contributed by atoms with Crippen LogP contribution >= 0.6 is 0 Å². The highest BCUT2D eigenvalue weighted by atomic mass is 16.2. The van der Waals surface area contributed by atoms with Crippen molar-refractivity contribution in [3.05, 3.63) is 29.3 Å². The zero-order valence-corrected chi connectivity index (χ0v) is 12.8. The quantitative estimate of drug-likeness (QED) is 0.863. The average Bonchev–Trinajstić information content (AvgIpc) is 2.90. The molecule has 0 saturated carbocycles. The van der Waals surface area contributed by atoms with E-state index in [1.165, 1.54) is 5.56 Å². The van der Waals surface area contributed by atoms with Crippen LogP contribution in [0, 0.1) is 0 Å². The lowest BCUT2D eigenvalue weighted by atomic mass is 10.1. The molecule has 0 unspecified atom stereocenters. The van der Waals surface area contributed by atoms with E-state index in [0.29, 0.717) is 0 Å². The number of carbonyl (C=O) groups excluding carboxylic acids is 1. The number of rotatable bonds is 6. The molecule has 20 heavy (non-hydrogen) atoms. The molecule has 4 heteroatoms. The average molecular weight is 275 g/mol. The van der Waals surface area contributed by atoms with Gasteiger partial charge in [-0.15, -0.1) is 0 Å². The summed E-state index contributed by atoms with van der Waals surface area (Å²) in [6.07, 6.45) is 2.07. The van der Waals surface area contributed by atoms with Crippen LogP contribution in [0.25, 0.3) is 0 Å². The fraction of sp³-hybridized carbons (Fsp3) is 0.562. The molecule has 0 saturated heterocycles. The van der Waals surface area contributed by atoms with E-state index in [1.807, 2.05) is 24.0 Å². The molecule has 0 aromatic heterocycles. The monoisotopic (exact) mass is 275 g/mol. The van der Waals surface area contributed by atoms with Crippen LogP contribution in [0.3, 0.4) is 0 Å². The zero-order valence-electron chi connectivity index (χ0n) is 12.8. The molecule has 4 nitrogen and oxygen atoms in total. The highest BCUT2D eigenvalue weighted by molar-refractivity contribution is 5.95. The van der Waals surface area contributed by atoms with Crippen LogP contribution in [-0.4, -0.2) is 56.0 Å². The Morgan fingerprint density at radius 3 is 2.80 bits per heavy atom. The van der Waals surface area contributed by atoms with Crippen molar-refractivity contribution in [1.82, 2.24) is 9.80 Å². The summed E-state index contributed by atoms with van der Waals surface area (Å²) in [6.45, 7) is 5.61. The van der Waals surface area contributed by atoms with Gasteiger partial charge in [-0.05, 0) is 58.1 Å². The Kier molecular flexibility index (Phi) is 5.01. The Hall–Kier alpha value is -1.55. The minimum Gasteiger partial charge on any atom is -0.384 e. The van der Waals surface area contributed by atoms with Gasteiger partial charge in [0.1, 0.15) is 0 Å². The number of nitrogens with one attached hydrogen (secondary N) is 1. The normalized spacial score (nSPS) is 13.2. The summed E-state index contributed by atoms with van der Waals surface area (Å²) >= 11 is 0. The molecule has 0 bridgehead atoms. The van der Waals surface area contributed by atoms with Crippen LogP contribution in [0.1, 0.15) is 29.3 Å². The Morgan fingerprint density at radius 2 is 2.10 bits per heavy atom. The number of benzene rings is 1. The van der Waals surface area contributed by atoms with Gasteiger partial charge >= 0.3 is 0 Å². The third-order valence-corrected chi connectivity index (χ3v) is 3.77. The van der Waals surface area contributed by atoms with Crippen molar-refractivity contribution in [2.24, 2.45) is 0 Å². The van der Waals surface area contributed by atoms with Crippen molar-refractivity contribution in [2.45, 2.75) is 19.8 Å². The molecule has 0 fully saturated rings. The first-order chi connectivity index (χ1) is 9.61. The van der Waals surface area contributed by atoms with E-state index < -0.39 is 0 Å². The van der Waals surface area contributed by atoms with E-state index in [4.69, 9.17) is 0 Å². The van der Waals surface area contributed by atoms with Gasteiger partial charge < -0.3 is 15.1 Å². The lowest BCUT2D eigenvalue weighted by Gasteiger charge is -2.22. The van der Waals surface area contributed by atoms with Crippen LogP contribution < -0.4 is 5.32 Å². The fourth-order valence-corrected chi connectivity index (χ4v) is 2.59. The first-order valence-electron chi connectivity index (χ1n) is 7.42. The van der Waals surface area contributed by atoms with Crippen molar-refractivity contribution < 1.29 is 4.79 Å². The summed E-state index contributed by atoms with van der Waals surface area (Å²) in [5.74, 6) is 0.141. The fourth-order valence-electron chi connectivity index (χ4n) is 2.59. The lowest BCUT2D eigenvalue weighted by molar-refractivity contribution is 0.0759. The summed E-state index contributed by atoms with van der Waals surface area (Å²) in [5, 5.41) is 3.33. The molecule has 0 aliphatic carbocycles. The summed E-state index contributed by atoms with van der Waals surface area (Å²) in [5.41, 5.74) is 3.24. The molecule has 1 heterocycles. The van der Waals surface area contributed by atoms with Crippen LogP contribution in [0.2, 0.25) is 0 Å². The number of carbonyl (C=O) groups is 1. The number of nitrogens with zero attached hydrogens (tertiary/aromatic N) is 2. The van der Waals surface area contributed by atoms with Gasteiger partial charge in [-0.1, -0.05) is 6.07 Å². The van der Waals surface area contributed by atoms with E-state index in [9.17, 15) is 4.79 Å². The third-order valence-electron chi connectivity index (χ3n) is 3.77. The van der Waals surface area contributed by atoms with E-state index in [-0.39, 0.29) is 5.91 Å². The molecular weight excluding hydrogens is 250 g/mol. The van der Waals surface area contributed by atoms with Crippen molar-refractivity contribution in [3.63, 3.8) is 0 Å². The highest BCUT2D eigenvalue weighted by Crippen LogP contribution is 2.23. The Bertz CT molecular complexity index is 471. The minimum atomic E-state index is 0.141. The van der Waals surface area contributed by atoms with Gasteiger partial charge in [0.15, 0.2) is 0 Å². The predicted molar refractivity (Wildman–Crippen MR) is 83.4 cm³/mol. The van der Waals surface area contributed by atoms with Gasteiger partial charge in [0, 0.05) is 30.9 Å². The van der Waals surface area contributed by atoms with Gasteiger partial charge in [0.25, 0.3) is 5.91 Å². The maximum Gasteiger partial charge on any atom is 0.253 e. The first-order valence-corrected chi connectivity index (χ1v) is 7.42. The van der Waals surface area contributed by atoms with Gasteiger partial charge in [0.05, 0.1) is 0 Å². The van der Waals surface area contributed by atoms with Crippen LogP contribution in [0.5, 0.6) is 0 Å². The van der Waals surface area contributed by atoms with Crippen molar-refractivity contribution in [3.8, 4) is 0 Å². The summed E-state index contributed by atoms with van der Waals surface area (Å²) in [7, 11) is 4.12. The van der Waals surface area contributed by atoms with E-state index in [0.717, 1.165) is 50.3 Å². The lowest BCUT2D eigenvalue weighted by Crippen LogP contribution is -2.33. The number of hydrogen-bond acceptors (Lipinski definition) is 3. The van der Waals surface area contributed by atoms with Crippen molar-refractivity contribution in [1.29, 1.82) is 0 Å². The molecule has 1 aliphatic rings. The van der Waals surface area contributed by atoms with E-state index in [1.54, 1.807) is 0 Å². The van der Waals surface area contributed by atoms with E-state index in [2.05, 4.69) is 30.4 Å². The molecule has 2 rings (SSSR count). The predicted octanol–water partition coefficient (Wildman–Crippen LogP) is 2.07. The second-order valence-electron chi connectivity index (χ2n) is 5.59. The number of anilines is 1. The Balaban J connectivity index is 2.00. The van der Waals surface area contributed by atoms with Crippen LogP contribution in [0.4, 0.5) is 5.69 Å². The van der Waals surface area contributed by atoms with Gasteiger partial charge in [-0.3, -0.25) is 4.79 Å². The van der Waals surface area contributed by atoms with Crippen LogP contribution in [0.15, 0.2) is 18.2 Å². The molecule has 0 atom stereocenters. The first kappa shape index (κ1) is 14.9. The van der Waals surface area contributed by atoms with Crippen molar-refractivity contribution in [2.75, 3.05) is 45.6 Å². The molecular formula is C16H25N3O. The minimum absolute atomic E-state index is 0.141. The topological polar surface area (TPSA) is 35.6 Å². The van der Waals surface area contributed by atoms with Crippen molar-refractivity contribution >= 4 is 11.6 Å². The molecule has 0 radical (unpaired) electrons.